The van der Waals surface area contributed by atoms with E-state index in [1.165, 1.54) is 29.8 Å². The van der Waals surface area contributed by atoms with Crippen LogP contribution in [0.2, 0.25) is 0 Å². The van der Waals surface area contributed by atoms with Crippen molar-refractivity contribution in [2.75, 3.05) is 7.11 Å². The maximum Gasteiger partial charge on any atom is 0.348 e. The number of hydrogen-bond donors (Lipinski definition) is 1. The number of carbonyl (C=O) groups is 2. The number of fused-ring (bicyclic) bond motifs is 2. The number of carboxylic acids is 1. The van der Waals surface area contributed by atoms with Crippen LogP contribution in [-0.4, -0.2) is 24.2 Å². The molecule has 28 heavy (non-hydrogen) atoms. The largest absolute Gasteiger partial charge is 0.481 e. The standard InChI is InChI=1S/C22H16O4S2/c1-26-22(25)20-12-17-14(5-3-7-19(17)28-20)9-8-13-4-2-6-18-16(13)10-15(27-18)11-21(23)24/h2-10,12H,11H2,1H3,(H,23,24). The smallest absolute Gasteiger partial charge is 0.348 e. The molecule has 0 spiro atoms. The Morgan fingerprint density at radius 1 is 0.964 bits per heavy atom. The minimum absolute atomic E-state index is 0.0347. The molecular formula is C22H16O4S2. The lowest BCUT2D eigenvalue weighted by molar-refractivity contribution is -0.136. The van der Waals surface area contributed by atoms with E-state index in [1.54, 1.807) is 0 Å². The van der Waals surface area contributed by atoms with E-state index in [1.807, 2.05) is 60.7 Å². The number of aliphatic carboxylic acids is 1. The normalized spacial score (nSPS) is 11.5. The Labute approximate surface area is 169 Å². The summed E-state index contributed by atoms with van der Waals surface area (Å²) in [5, 5.41) is 11.1. The van der Waals surface area contributed by atoms with Gasteiger partial charge in [-0.15, -0.1) is 22.7 Å². The average molecular weight is 409 g/mol. The monoisotopic (exact) mass is 408 g/mol. The Balaban J connectivity index is 1.73. The van der Waals surface area contributed by atoms with E-state index >= 15 is 0 Å². The van der Waals surface area contributed by atoms with Crippen LogP contribution in [0.5, 0.6) is 0 Å². The van der Waals surface area contributed by atoms with Crippen molar-refractivity contribution < 1.29 is 19.4 Å². The van der Waals surface area contributed by atoms with Gasteiger partial charge in [0.1, 0.15) is 4.88 Å². The van der Waals surface area contributed by atoms with Crippen LogP contribution in [0.25, 0.3) is 32.3 Å². The number of carbonyl (C=O) groups excluding carboxylic acids is 1. The van der Waals surface area contributed by atoms with E-state index in [9.17, 15) is 9.59 Å². The van der Waals surface area contributed by atoms with E-state index in [0.717, 1.165) is 36.2 Å². The SMILES string of the molecule is COC(=O)c1cc2c(C=Cc3cccc4sc(CC(=O)O)cc34)cccc2s1. The third-order valence-corrected chi connectivity index (χ3v) is 6.58. The fourth-order valence-corrected chi connectivity index (χ4v) is 5.23. The Bertz CT molecular complexity index is 1230. The van der Waals surface area contributed by atoms with E-state index < -0.39 is 5.97 Å². The van der Waals surface area contributed by atoms with Crippen LogP contribution < -0.4 is 0 Å². The van der Waals surface area contributed by atoms with Crippen molar-refractivity contribution >= 4 is 66.9 Å². The zero-order valence-electron chi connectivity index (χ0n) is 15.0. The highest BCUT2D eigenvalue weighted by Crippen LogP contribution is 2.32. The van der Waals surface area contributed by atoms with Gasteiger partial charge in [0.2, 0.25) is 0 Å². The topological polar surface area (TPSA) is 63.6 Å². The summed E-state index contributed by atoms with van der Waals surface area (Å²) >= 11 is 2.92. The first-order valence-electron chi connectivity index (χ1n) is 8.57. The Hall–Kier alpha value is -2.96. The van der Waals surface area contributed by atoms with Crippen LogP contribution >= 0.6 is 22.7 Å². The first-order chi connectivity index (χ1) is 13.5. The summed E-state index contributed by atoms with van der Waals surface area (Å²) in [4.78, 5) is 24.2. The molecule has 0 aliphatic rings. The number of rotatable bonds is 5. The summed E-state index contributed by atoms with van der Waals surface area (Å²) in [5.74, 6) is -1.15. The molecule has 4 rings (SSSR count). The lowest BCUT2D eigenvalue weighted by atomic mass is 10.1. The van der Waals surface area contributed by atoms with Crippen molar-refractivity contribution in [1.29, 1.82) is 0 Å². The van der Waals surface area contributed by atoms with Crippen molar-refractivity contribution in [2.24, 2.45) is 0 Å². The number of methoxy groups -OCH3 is 1. The van der Waals surface area contributed by atoms with Crippen molar-refractivity contribution in [3.05, 3.63) is 69.4 Å². The summed E-state index contributed by atoms with van der Waals surface area (Å²) in [6, 6.07) is 15.8. The van der Waals surface area contributed by atoms with Crippen molar-refractivity contribution in [1.82, 2.24) is 0 Å². The van der Waals surface area contributed by atoms with Crippen LogP contribution in [0.3, 0.4) is 0 Å². The van der Waals surface area contributed by atoms with Crippen LogP contribution in [0.1, 0.15) is 25.7 Å². The quantitative estimate of drug-likeness (QED) is 0.340. The molecular weight excluding hydrogens is 392 g/mol. The Morgan fingerprint density at radius 2 is 1.57 bits per heavy atom. The fourth-order valence-electron chi connectivity index (χ4n) is 3.13. The van der Waals surface area contributed by atoms with Gasteiger partial charge in [-0.1, -0.05) is 36.4 Å². The summed E-state index contributed by atoms with van der Waals surface area (Å²) < 4.78 is 6.92. The van der Waals surface area contributed by atoms with E-state index in [4.69, 9.17) is 9.84 Å². The molecule has 0 bridgehead atoms. The fraction of sp³-hybridized carbons (Fsp3) is 0.0909. The van der Waals surface area contributed by atoms with Gasteiger partial charge in [0, 0.05) is 19.7 Å². The summed E-state index contributed by atoms with van der Waals surface area (Å²) in [6.45, 7) is 0. The molecule has 0 aliphatic heterocycles. The molecule has 6 heteroatoms. The number of ether oxygens (including phenoxy) is 1. The number of benzene rings is 2. The Kier molecular flexibility index (Phi) is 4.98. The van der Waals surface area contributed by atoms with Gasteiger partial charge >= 0.3 is 11.9 Å². The third kappa shape index (κ3) is 3.56. The van der Waals surface area contributed by atoms with Gasteiger partial charge in [-0.25, -0.2) is 4.79 Å². The number of thiophene rings is 2. The summed E-state index contributed by atoms with van der Waals surface area (Å²) in [6.07, 6.45) is 4.09. The number of hydrogen-bond acceptors (Lipinski definition) is 5. The van der Waals surface area contributed by atoms with E-state index in [2.05, 4.69) is 0 Å². The molecule has 1 N–H and O–H groups in total. The van der Waals surface area contributed by atoms with Gasteiger partial charge in [0.05, 0.1) is 13.5 Å². The van der Waals surface area contributed by atoms with Crippen LogP contribution in [0, 0.1) is 0 Å². The van der Waals surface area contributed by atoms with Gasteiger partial charge in [0.15, 0.2) is 0 Å². The van der Waals surface area contributed by atoms with Gasteiger partial charge in [-0.05, 0) is 40.8 Å². The molecule has 0 aliphatic carbocycles. The molecule has 2 aromatic heterocycles. The second-order valence-electron chi connectivity index (χ2n) is 6.24. The van der Waals surface area contributed by atoms with Crippen molar-refractivity contribution in [2.45, 2.75) is 6.42 Å². The second-order valence-corrected chi connectivity index (χ2v) is 8.49. The highest BCUT2D eigenvalue weighted by atomic mass is 32.1. The molecule has 2 aromatic carbocycles. The van der Waals surface area contributed by atoms with Gasteiger partial charge in [0.25, 0.3) is 0 Å². The molecule has 2 heterocycles. The second kappa shape index (κ2) is 7.58. The first-order valence-corrected chi connectivity index (χ1v) is 10.2. The highest BCUT2D eigenvalue weighted by Gasteiger charge is 2.12. The number of carboxylic acid groups (broad SMARTS) is 1. The molecule has 0 unspecified atom stereocenters. The van der Waals surface area contributed by atoms with Crippen molar-refractivity contribution in [3.63, 3.8) is 0 Å². The van der Waals surface area contributed by atoms with E-state index in [0.29, 0.717) is 4.88 Å². The van der Waals surface area contributed by atoms with Gasteiger partial charge in [-0.2, -0.15) is 0 Å². The molecule has 0 saturated heterocycles. The minimum Gasteiger partial charge on any atom is -0.481 e. The average Bonchev–Trinajstić information content (AvgIpc) is 3.29. The van der Waals surface area contributed by atoms with Crippen LogP contribution in [0.15, 0.2) is 48.5 Å². The lowest BCUT2D eigenvalue weighted by Gasteiger charge is -1.99. The van der Waals surface area contributed by atoms with E-state index in [-0.39, 0.29) is 12.4 Å². The lowest BCUT2D eigenvalue weighted by Crippen LogP contribution is -1.96. The molecule has 0 saturated carbocycles. The molecule has 0 radical (unpaired) electrons. The molecule has 4 nitrogen and oxygen atoms in total. The molecule has 0 fully saturated rings. The molecule has 4 aromatic rings. The Morgan fingerprint density at radius 3 is 2.18 bits per heavy atom. The van der Waals surface area contributed by atoms with Gasteiger partial charge < -0.3 is 9.84 Å². The zero-order valence-corrected chi connectivity index (χ0v) is 16.6. The van der Waals surface area contributed by atoms with Crippen molar-refractivity contribution in [3.8, 4) is 0 Å². The maximum atomic E-state index is 11.8. The number of esters is 1. The minimum atomic E-state index is -0.825. The first kappa shape index (κ1) is 18.4. The molecule has 0 amide bonds. The third-order valence-electron chi connectivity index (χ3n) is 4.40. The predicted octanol–water partition coefficient (Wildman–Crippen LogP) is 5.70. The predicted molar refractivity (Wildman–Crippen MR) is 115 cm³/mol. The molecule has 0 atom stereocenters. The van der Waals surface area contributed by atoms with Crippen LogP contribution in [-0.2, 0) is 16.0 Å². The summed E-state index contributed by atoms with van der Waals surface area (Å²) in [5.41, 5.74) is 2.05. The van der Waals surface area contributed by atoms with Crippen LogP contribution in [0.4, 0.5) is 0 Å². The maximum absolute atomic E-state index is 11.8. The zero-order chi connectivity index (χ0) is 19.7. The summed E-state index contributed by atoms with van der Waals surface area (Å²) in [7, 11) is 1.38. The van der Waals surface area contributed by atoms with Gasteiger partial charge in [-0.3, -0.25) is 4.79 Å². The highest BCUT2D eigenvalue weighted by molar-refractivity contribution is 7.20. The molecule has 140 valence electrons.